The minimum Gasteiger partial charge on any atom is -0.457 e. The molecule has 0 aromatic heterocycles. The third-order valence-corrected chi connectivity index (χ3v) is 3.05. The van der Waals surface area contributed by atoms with E-state index in [1.54, 1.807) is 6.92 Å². The van der Waals surface area contributed by atoms with Crippen molar-refractivity contribution in [2.24, 2.45) is 0 Å². The van der Waals surface area contributed by atoms with Crippen molar-refractivity contribution in [3.63, 3.8) is 0 Å². The molecule has 80 valence electrons. The molecule has 0 aromatic rings. The molecule has 0 aliphatic heterocycles. The highest BCUT2D eigenvalue weighted by Gasteiger charge is 2.45. The number of carbonyl (C=O) groups excluding carboxylic acids is 1. The molecule has 0 aliphatic rings. The molecular weight excluding hydrogens is 211 g/mol. The fraction of sp³-hybridized carbons (Fsp3) is 0.667. The van der Waals surface area contributed by atoms with E-state index in [-0.39, 0.29) is 6.61 Å². The van der Waals surface area contributed by atoms with E-state index < -0.39 is 19.0 Å². The van der Waals surface area contributed by atoms with Crippen molar-refractivity contribution < 1.29 is 27.9 Å². The Morgan fingerprint density at radius 2 is 1.93 bits per heavy atom. The quantitative estimate of drug-likeness (QED) is 0.224. The SMILES string of the molecule is CCOC(=O)C(=[N+]=[N-])P(=O)(OC)OC. The van der Waals surface area contributed by atoms with Crippen LogP contribution in [0.25, 0.3) is 5.53 Å². The summed E-state index contributed by atoms with van der Waals surface area (Å²) in [6, 6.07) is 0. The summed E-state index contributed by atoms with van der Waals surface area (Å²) in [5.74, 6) is -1.04. The van der Waals surface area contributed by atoms with E-state index in [0.717, 1.165) is 14.2 Å². The summed E-state index contributed by atoms with van der Waals surface area (Å²) in [5, 5.41) is 0. The highest BCUT2D eigenvalue weighted by atomic mass is 31.2. The highest BCUT2D eigenvalue weighted by Crippen LogP contribution is 2.47. The Kier molecular flexibility index (Phi) is 5.27. The Morgan fingerprint density at radius 1 is 1.43 bits per heavy atom. The van der Waals surface area contributed by atoms with Crippen LogP contribution in [0.4, 0.5) is 0 Å². The van der Waals surface area contributed by atoms with Crippen LogP contribution in [0.15, 0.2) is 0 Å². The van der Waals surface area contributed by atoms with Gasteiger partial charge in [-0.15, -0.1) is 4.79 Å². The van der Waals surface area contributed by atoms with Crippen LogP contribution >= 0.6 is 7.60 Å². The summed E-state index contributed by atoms with van der Waals surface area (Å²) in [7, 11) is -1.72. The van der Waals surface area contributed by atoms with Crippen LogP contribution in [-0.2, 0) is 23.1 Å². The lowest BCUT2D eigenvalue weighted by Crippen LogP contribution is -2.20. The third kappa shape index (κ3) is 2.75. The van der Waals surface area contributed by atoms with E-state index in [1.807, 2.05) is 0 Å². The predicted molar refractivity (Wildman–Crippen MR) is 46.9 cm³/mol. The Bertz CT molecular complexity index is 301. The number of hydrogen-bond donors (Lipinski definition) is 0. The molecule has 0 aromatic carbocycles. The molecule has 0 radical (unpaired) electrons. The molecule has 0 amide bonds. The van der Waals surface area contributed by atoms with Crippen molar-refractivity contribution in [2.75, 3.05) is 20.8 Å². The number of hydrogen-bond acceptors (Lipinski definition) is 5. The van der Waals surface area contributed by atoms with Crippen LogP contribution in [0.5, 0.6) is 0 Å². The molecule has 8 heteroatoms. The van der Waals surface area contributed by atoms with Crippen LogP contribution in [0.2, 0.25) is 0 Å². The van der Waals surface area contributed by atoms with Gasteiger partial charge in [0.05, 0.1) is 6.61 Å². The first kappa shape index (κ1) is 13.0. The minimum absolute atomic E-state index is 0.0608. The van der Waals surface area contributed by atoms with E-state index in [9.17, 15) is 9.36 Å². The monoisotopic (exact) mass is 222 g/mol. The largest absolute Gasteiger partial charge is 0.484 e. The predicted octanol–water partition coefficient (Wildman–Crippen LogP) is 0.664. The molecule has 0 unspecified atom stereocenters. The van der Waals surface area contributed by atoms with Gasteiger partial charge in [-0.25, -0.2) is 9.36 Å². The molecule has 0 atom stereocenters. The summed E-state index contributed by atoms with van der Waals surface area (Å²) in [6.07, 6.45) is 0. The summed E-state index contributed by atoms with van der Waals surface area (Å²) in [5.41, 5.74) is 7.70. The van der Waals surface area contributed by atoms with Gasteiger partial charge in [-0.2, -0.15) is 0 Å². The normalized spacial score (nSPS) is 10.5. The molecule has 0 aliphatic carbocycles. The first-order valence-electron chi connectivity index (χ1n) is 3.67. The Balaban J connectivity index is 5.01. The van der Waals surface area contributed by atoms with Crippen LogP contribution in [-0.4, -0.2) is 37.0 Å². The minimum atomic E-state index is -3.85. The second-order valence-corrected chi connectivity index (χ2v) is 4.16. The van der Waals surface area contributed by atoms with Gasteiger partial charge in [-0.05, 0) is 6.92 Å². The standard InChI is InChI=1S/C6H11N2O5P/c1-4-13-6(9)5(8-7)14(10,11-2)12-3/h4H2,1-3H3. The third-order valence-electron chi connectivity index (χ3n) is 1.29. The average molecular weight is 222 g/mol. The molecule has 0 fully saturated rings. The molecular formula is C6H11N2O5P. The van der Waals surface area contributed by atoms with Gasteiger partial charge in [0.15, 0.2) is 0 Å². The van der Waals surface area contributed by atoms with Gasteiger partial charge in [0, 0.05) is 14.2 Å². The average Bonchev–Trinajstić information content (AvgIpc) is 2.19. The molecule has 0 saturated carbocycles. The van der Waals surface area contributed by atoms with E-state index in [2.05, 4.69) is 18.6 Å². The second kappa shape index (κ2) is 5.67. The summed E-state index contributed by atoms with van der Waals surface area (Å²) < 4.78 is 24.9. The zero-order valence-electron chi connectivity index (χ0n) is 8.09. The lowest BCUT2D eigenvalue weighted by atomic mass is 10.7. The van der Waals surface area contributed by atoms with Gasteiger partial charge in [-0.3, -0.25) is 0 Å². The molecule has 0 heterocycles. The maximum absolute atomic E-state index is 11.6. The van der Waals surface area contributed by atoms with E-state index in [0.29, 0.717) is 0 Å². The molecule has 0 rings (SSSR count). The molecule has 0 saturated heterocycles. The van der Waals surface area contributed by atoms with E-state index in [4.69, 9.17) is 5.53 Å². The zero-order valence-corrected chi connectivity index (χ0v) is 8.98. The van der Waals surface area contributed by atoms with Crippen LogP contribution in [0.1, 0.15) is 6.92 Å². The van der Waals surface area contributed by atoms with Gasteiger partial charge < -0.3 is 19.3 Å². The van der Waals surface area contributed by atoms with Gasteiger partial charge in [0.2, 0.25) is 0 Å². The fourth-order valence-corrected chi connectivity index (χ4v) is 1.54. The van der Waals surface area contributed by atoms with Crippen molar-refractivity contribution in [3.8, 4) is 0 Å². The van der Waals surface area contributed by atoms with Crippen molar-refractivity contribution in [2.45, 2.75) is 6.92 Å². The van der Waals surface area contributed by atoms with E-state index >= 15 is 0 Å². The van der Waals surface area contributed by atoms with Crippen molar-refractivity contribution in [3.05, 3.63) is 5.53 Å². The Labute approximate surface area is 81.1 Å². The molecule has 0 N–H and O–H groups in total. The van der Waals surface area contributed by atoms with Gasteiger partial charge >= 0.3 is 19.0 Å². The molecule has 7 nitrogen and oxygen atoms in total. The summed E-state index contributed by atoms with van der Waals surface area (Å²) in [6.45, 7) is 1.61. The topological polar surface area (TPSA) is 98.2 Å². The van der Waals surface area contributed by atoms with Crippen LogP contribution in [0, 0.1) is 0 Å². The number of esters is 1. The van der Waals surface area contributed by atoms with E-state index in [1.165, 1.54) is 0 Å². The van der Waals surface area contributed by atoms with Gasteiger partial charge in [0.25, 0.3) is 0 Å². The molecule has 0 bridgehead atoms. The van der Waals surface area contributed by atoms with Gasteiger partial charge in [-0.1, -0.05) is 0 Å². The first-order chi connectivity index (χ1) is 6.55. The Morgan fingerprint density at radius 3 is 2.21 bits per heavy atom. The van der Waals surface area contributed by atoms with Crippen LogP contribution < -0.4 is 0 Å². The van der Waals surface area contributed by atoms with Gasteiger partial charge in [0.1, 0.15) is 0 Å². The fourth-order valence-electron chi connectivity index (χ4n) is 0.651. The lowest BCUT2D eigenvalue weighted by molar-refractivity contribution is -0.139. The Hall–Kier alpha value is -1.00. The highest BCUT2D eigenvalue weighted by molar-refractivity contribution is 7.74. The number of nitrogens with zero attached hydrogens (tertiary/aromatic N) is 2. The lowest BCUT2D eigenvalue weighted by Gasteiger charge is -2.07. The summed E-state index contributed by atoms with van der Waals surface area (Å²) in [4.78, 5) is 13.6. The molecule has 0 spiro atoms. The second-order valence-electron chi connectivity index (χ2n) is 2.01. The first-order valence-corrected chi connectivity index (χ1v) is 5.21. The van der Waals surface area contributed by atoms with Crippen molar-refractivity contribution in [1.82, 2.24) is 0 Å². The maximum atomic E-state index is 11.6. The number of carbonyl (C=O) groups is 1. The molecule has 14 heavy (non-hydrogen) atoms. The zero-order chi connectivity index (χ0) is 11.2. The number of ether oxygens (including phenoxy) is 1. The summed E-state index contributed by atoms with van der Waals surface area (Å²) >= 11 is 0. The van der Waals surface area contributed by atoms with Crippen molar-refractivity contribution >= 4 is 19.0 Å². The van der Waals surface area contributed by atoms with Crippen LogP contribution in [0.3, 0.4) is 0 Å². The van der Waals surface area contributed by atoms with Crippen molar-refractivity contribution in [1.29, 1.82) is 0 Å². The smallest absolute Gasteiger partial charge is 0.457 e. The maximum Gasteiger partial charge on any atom is 0.484 e. The number of rotatable bonds is 5.